The zero-order valence-corrected chi connectivity index (χ0v) is 15.3. The number of methoxy groups -OCH3 is 1. The third-order valence-corrected chi connectivity index (χ3v) is 6.12. The van der Waals surface area contributed by atoms with Gasteiger partial charge in [-0.25, -0.2) is 12.8 Å². The molecular weight excluding hydrogens is 359 g/mol. The van der Waals surface area contributed by atoms with Crippen LogP contribution in [0.5, 0.6) is 5.75 Å². The largest absolute Gasteiger partial charge is 0.497 e. The Kier molecular flexibility index (Phi) is 4.97. The quantitative estimate of drug-likeness (QED) is 0.868. The van der Waals surface area contributed by atoms with Crippen LogP contribution in [0.3, 0.4) is 0 Å². The van der Waals surface area contributed by atoms with Crippen molar-refractivity contribution in [2.45, 2.75) is 24.3 Å². The summed E-state index contributed by atoms with van der Waals surface area (Å²) < 4.78 is 46.2. The molecule has 0 saturated heterocycles. The molecule has 0 fully saturated rings. The molecule has 0 aromatic heterocycles. The number of aryl methyl sites for hydroxylation is 1. The number of benzene rings is 2. The summed E-state index contributed by atoms with van der Waals surface area (Å²) in [5, 5.41) is 2.56. The number of fused-ring (bicyclic) bond motifs is 1. The van der Waals surface area contributed by atoms with Crippen LogP contribution >= 0.6 is 0 Å². The van der Waals surface area contributed by atoms with E-state index >= 15 is 0 Å². The lowest BCUT2D eigenvalue weighted by atomic mass is 10.0. The fraction of sp³-hybridized carbons (Fsp3) is 0.278. The first-order valence-corrected chi connectivity index (χ1v) is 9.47. The number of carbonyl (C=O) groups excluding carboxylic acids is 1. The van der Waals surface area contributed by atoms with Crippen molar-refractivity contribution in [2.24, 2.45) is 0 Å². The van der Waals surface area contributed by atoms with Crippen molar-refractivity contribution in [3.05, 3.63) is 53.3 Å². The third-order valence-electron chi connectivity index (χ3n) is 4.31. The van der Waals surface area contributed by atoms with Gasteiger partial charge in [-0.1, -0.05) is 12.1 Å². The van der Waals surface area contributed by atoms with E-state index in [-0.39, 0.29) is 23.8 Å². The van der Waals surface area contributed by atoms with E-state index in [0.717, 1.165) is 15.9 Å². The van der Waals surface area contributed by atoms with Crippen LogP contribution in [0.4, 0.5) is 10.1 Å². The minimum absolute atomic E-state index is 0.0968. The Labute approximate surface area is 151 Å². The number of hydrogen-bond donors (Lipinski definition) is 1. The molecule has 1 heterocycles. The van der Waals surface area contributed by atoms with Gasteiger partial charge in [-0.2, -0.15) is 4.31 Å². The first-order chi connectivity index (χ1) is 12.3. The molecule has 0 atom stereocenters. The van der Waals surface area contributed by atoms with Gasteiger partial charge in [0, 0.05) is 25.7 Å². The van der Waals surface area contributed by atoms with E-state index in [1.807, 2.05) is 0 Å². The maximum absolute atomic E-state index is 14.4. The van der Waals surface area contributed by atoms with Gasteiger partial charge in [0.25, 0.3) is 0 Å². The lowest BCUT2D eigenvalue weighted by Crippen LogP contribution is -2.28. The van der Waals surface area contributed by atoms with Crippen LogP contribution in [0, 0.1) is 5.82 Å². The van der Waals surface area contributed by atoms with Crippen molar-refractivity contribution >= 4 is 21.6 Å². The molecule has 8 heteroatoms. The Morgan fingerprint density at radius 2 is 1.88 bits per heavy atom. The fourth-order valence-corrected chi connectivity index (χ4v) is 4.07. The zero-order valence-electron chi connectivity index (χ0n) is 14.5. The number of amides is 1. The molecule has 0 radical (unpaired) electrons. The number of carbonyl (C=O) groups is 1. The highest BCUT2D eigenvalue weighted by atomic mass is 32.2. The molecule has 0 unspecified atom stereocenters. The number of halogens is 1. The summed E-state index contributed by atoms with van der Waals surface area (Å²) in [5.74, 6) is -0.418. The predicted molar refractivity (Wildman–Crippen MR) is 95.0 cm³/mol. The van der Waals surface area contributed by atoms with Crippen molar-refractivity contribution in [3.63, 3.8) is 0 Å². The number of rotatable bonds is 5. The Hall–Kier alpha value is -2.45. The smallest absolute Gasteiger partial charge is 0.246 e. The highest BCUT2D eigenvalue weighted by Gasteiger charge is 2.27. The SMILES string of the molecule is COc1ccc(CN(C)S(=O)(=O)c2cc3c(cc2F)NC(=O)CC3)cc1. The molecule has 1 aliphatic rings. The van der Waals surface area contributed by atoms with E-state index in [0.29, 0.717) is 23.4 Å². The summed E-state index contributed by atoms with van der Waals surface area (Å²) in [4.78, 5) is 11.0. The van der Waals surface area contributed by atoms with Crippen molar-refractivity contribution in [1.82, 2.24) is 4.31 Å². The van der Waals surface area contributed by atoms with Gasteiger partial charge in [-0.15, -0.1) is 0 Å². The monoisotopic (exact) mass is 378 g/mol. The Morgan fingerprint density at radius 3 is 2.54 bits per heavy atom. The molecule has 3 rings (SSSR count). The molecule has 1 N–H and O–H groups in total. The summed E-state index contributed by atoms with van der Waals surface area (Å²) in [6.07, 6.45) is 0.631. The molecule has 138 valence electrons. The van der Waals surface area contributed by atoms with Gasteiger partial charge >= 0.3 is 0 Å². The summed E-state index contributed by atoms with van der Waals surface area (Å²) >= 11 is 0. The Morgan fingerprint density at radius 1 is 1.19 bits per heavy atom. The molecule has 0 saturated carbocycles. The fourth-order valence-electron chi connectivity index (χ4n) is 2.82. The first kappa shape index (κ1) is 18.3. The highest BCUT2D eigenvalue weighted by molar-refractivity contribution is 7.89. The number of sulfonamides is 1. The number of nitrogens with zero attached hydrogens (tertiary/aromatic N) is 1. The summed E-state index contributed by atoms with van der Waals surface area (Å²) in [6, 6.07) is 9.35. The minimum Gasteiger partial charge on any atom is -0.497 e. The summed E-state index contributed by atoms with van der Waals surface area (Å²) in [6.45, 7) is 0.0968. The molecule has 2 aromatic rings. The lowest BCUT2D eigenvalue weighted by molar-refractivity contribution is -0.116. The Balaban J connectivity index is 1.88. The average Bonchev–Trinajstić information content (AvgIpc) is 2.61. The molecule has 0 aliphatic carbocycles. The topological polar surface area (TPSA) is 75.7 Å². The van der Waals surface area contributed by atoms with Gasteiger partial charge in [0.2, 0.25) is 15.9 Å². The number of hydrogen-bond acceptors (Lipinski definition) is 4. The number of anilines is 1. The van der Waals surface area contributed by atoms with Gasteiger partial charge in [0.15, 0.2) is 0 Å². The van der Waals surface area contributed by atoms with Crippen LogP contribution in [0.25, 0.3) is 0 Å². The van der Waals surface area contributed by atoms with Crippen molar-refractivity contribution < 1.29 is 22.3 Å². The molecule has 2 aromatic carbocycles. The minimum atomic E-state index is -4.02. The van der Waals surface area contributed by atoms with Gasteiger partial charge in [-0.05, 0) is 41.8 Å². The van der Waals surface area contributed by atoms with E-state index in [1.54, 1.807) is 31.4 Å². The number of ether oxygens (including phenoxy) is 1. The van der Waals surface area contributed by atoms with Crippen molar-refractivity contribution in [1.29, 1.82) is 0 Å². The second-order valence-electron chi connectivity index (χ2n) is 6.10. The van der Waals surface area contributed by atoms with Crippen LogP contribution in [-0.4, -0.2) is 32.8 Å². The van der Waals surface area contributed by atoms with E-state index in [4.69, 9.17) is 4.74 Å². The maximum atomic E-state index is 14.4. The van der Waals surface area contributed by atoms with E-state index in [9.17, 15) is 17.6 Å². The Bertz CT molecular complexity index is 942. The highest BCUT2D eigenvalue weighted by Crippen LogP contribution is 2.29. The maximum Gasteiger partial charge on any atom is 0.246 e. The van der Waals surface area contributed by atoms with Crippen LogP contribution in [0.15, 0.2) is 41.3 Å². The standard InChI is InChI=1S/C18H19FN2O4S/c1-21(11-12-3-6-14(25-2)7-4-12)26(23,24)17-9-13-5-8-18(22)20-16(13)10-15(17)19/h3-4,6-7,9-10H,5,8,11H2,1-2H3,(H,20,22). The molecule has 1 aliphatic heterocycles. The second kappa shape index (κ2) is 7.05. The van der Waals surface area contributed by atoms with Crippen LogP contribution < -0.4 is 10.1 Å². The van der Waals surface area contributed by atoms with Gasteiger partial charge in [0.1, 0.15) is 16.5 Å². The number of nitrogens with one attached hydrogen (secondary N) is 1. The molecule has 26 heavy (non-hydrogen) atoms. The molecule has 0 bridgehead atoms. The van der Waals surface area contributed by atoms with Crippen molar-refractivity contribution in [3.8, 4) is 5.75 Å². The van der Waals surface area contributed by atoms with Gasteiger partial charge in [-0.3, -0.25) is 4.79 Å². The predicted octanol–water partition coefficient (Wildman–Crippen LogP) is 2.54. The van der Waals surface area contributed by atoms with E-state index in [1.165, 1.54) is 13.1 Å². The van der Waals surface area contributed by atoms with E-state index in [2.05, 4.69) is 5.32 Å². The van der Waals surface area contributed by atoms with Crippen LogP contribution in [0.1, 0.15) is 17.5 Å². The van der Waals surface area contributed by atoms with Crippen LogP contribution in [0.2, 0.25) is 0 Å². The molecule has 6 nitrogen and oxygen atoms in total. The summed E-state index contributed by atoms with van der Waals surface area (Å²) in [5.41, 5.74) is 1.69. The summed E-state index contributed by atoms with van der Waals surface area (Å²) in [7, 11) is -1.06. The lowest BCUT2D eigenvalue weighted by Gasteiger charge is -2.21. The third kappa shape index (κ3) is 3.56. The van der Waals surface area contributed by atoms with Gasteiger partial charge in [0.05, 0.1) is 7.11 Å². The second-order valence-corrected chi connectivity index (χ2v) is 8.11. The van der Waals surface area contributed by atoms with Crippen LogP contribution in [-0.2, 0) is 27.8 Å². The van der Waals surface area contributed by atoms with E-state index < -0.39 is 15.8 Å². The molecular formula is C18H19FN2O4S. The van der Waals surface area contributed by atoms with Crippen molar-refractivity contribution in [2.75, 3.05) is 19.5 Å². The normalized spacial score (nSPS) is 14.1. The average molecular weight is 378 g/mol. The molecule has 0 spiro atoms. The van der Waals surface area contributed by atoms with Gasteiger partial charge < -0.3 is 10.1 Å². The first-order valence-electron chi connectivity index (χ1n) is 8.03. The molecule has 1 amide bonds. The zero-order chi connectivity index (χ0) is 18.9.